The first-order valence-corrected chi connectivity index (χ1v) is 22.3. The van der Waals surface area contributed by atoms with E-state index in [1.54, 1.807) is 18.2 Å². The predicted octanol–water partition coefficient (Wildman–Crippen LogP) is 7.70. The molecule has 0 N–H and O–H groups in total. The van der Waals surface area contributed by atoms with Crippen molar-refractivity contribution in [1.29, 1.82) is 0 Å². The van der Waals surface area contributed by atoms with Crippen LogP contribution in [0.25, 0.3) is 10.4 Å². The Kier molecular flexibility index (Phi) is 12.7. The van der Waals surface area contributed by atoms with Gasteiger partial charge in [0.2, 0.25) is 0 Å². The van der Waals surface area contributed by atoms with Gasteiger partial charge in [0.1, 0.15) is 12.7 Å². The Morgan fingerprint density at radius 3 is 2.42 bits per heavy atom. The highest BCUT2D eigenvalue weighted by molar-refractivity contribution is 5.91. The van der Waals surface area contributed by atoms with E-state index in [-0.39, 0.29) is 54.0 Å². The number of carbonyl (C=O) groups is 4. The highest BCUT2D eigenvalue weighted by Crippen LogP contribution is 2.70. The van der Waals surface area contributed by atoms with Crippen LogP contribution in [0.1, 0.15) is 109 Å². The molecule has 4 bridgehead atoms. The molecule has 4 aliphatic heterocycles. The Bertz CT molecular complexity index is 2030. The fourth-order valence-corrected chi connectivity index (χ4v) is 13.1. The molecular weight excluding hydrogens is 799 g/mol. The van der Waals surface area contributed by atoms with E-state index in [0.717, 1.165) is 38.7 Å². The van der Waals surface area contributed by atoms with E-state index in [2.05, 4.69) is 49.9 Å². The van der Waals surface area contributed by atoms with Crippen molar-refractivity contribution in [3.05, 3.63) is 69.1 Å². The number of allylic oxidation sites excluding steroid dienone is 2. The molecule has 3 saturated carbocycles. The van der Waals surface area contributed by atoms with Crippen molar-refractivity contribution in [3.8, 4) is 0 Å². The number of hydrogen-bond acceptors (Lipinski definition) is 13. The molecule has 0 radical (unpaired) electrons. The minimum Gasteiger partial charge on any atom is -0.463 e. The van der Waals surface area contributed by atoms with Gasteiger partial charge < -0.3 is 37.9 Å². The van der Waals surface area contributed by atoms with Crippen LogP contribution >= 0.6 is 0 Å². The number of esters is 4. The van der Waals surface area contributed by atoms with E-state index < -0.39 is 54.6 Å². The van der Waals surface area contributed by atoms with Crippen molar-refractivity contribution in [3.63, 3.8) is 0 Å². The molecule has 0 aromatic heterocycles. The summed E-state index contributed by atoms with van der Waals surface area (Å²) < 4.78 is 49.7. The molecule has 0 amide bonds. The molecule has 15 nitrogen and oxygen atoms in total. The van der Waals surface area contributed by atoms with Gasteiger partial charge in [0.05, 0.1) is 30.9 Å². The standard InChI is InChI=1S/C47H61N3O12/c1-24(2)18-34-25(3)39-37-20-36-33-13-12-30-19-31(14-16-46(30,7)35(33)15-17-47(36,39)23-56-44(34)60-37)59-45-42(62-43(54)32-11-9-8-10-29(32)21-49-50-48)41(58-28(6)53)40(57-27(5)52)38(61-45)22-55-26(4)51/h8-12,18,25,31,33-42,44-45H,13-17,19-23H2,1-7H3/t25-,31+,33-,34-,35+,36+,37+,38-,39+,40-,41+,42-,44?,45?,46+,47-/m1/s1. The maximum atomic E-state index is 14.0. The molecular formula is C47H61N3O12. The van der Waals surface area contributed by atoms with Crippen molar-refractivity contribution in [2.45, 2.75) is 149 Å². The Morgan fingerprint density at radius 2 is 1.69 bits per heavy atom. The minimum atomic E-state index is -1.42. The number of nitrogens with zero attached hydrogens (tertiary/aromatic N) is 3. The second-order valence-corrected chi connectivity index (χ2v) is 19.2. The Labute approximate surface area is 363 Å². The third-order valence-electron chi connectivity index (χ3n) is 15.5. The van der Waals surface area contributed by atoms with Gasteiger partial charge in [0.25, 0.3) is 0 Å². The number of ether oxygens (including phenoxy) is 8. The van der Waals surface area contributed by atoms with Gasteiger partial charge in [0, 0.05) is 37.0 Å². The molecule has 336 valence electrons. The average Bonchev–Trinajstić information content (AvgIpc) is 3.41. The maximum absolute atomic E-state index is 14.0. The molecule has 8 aliphatic rings. The summed E-state index contributed by atoms with van der Waals surface area (Å²) in [4.78, 5) is 54.1. The fourth-order valence-electron chi connectivity index (χ4n) is 13.1. The third kappa shape index (κ3) is 8.19. The van der Waals surface area contributed by atoms with Gasteiger partial charge in [-0.25, -0.2) is 4.79 Å². The largest absolute Gasteiger partial charge is 0.463 e. The van der Waals surface area contributed by atoms with Crippen molar-refractivity contribution in [1.82, 2.24) is 0 Å². The molecule has 15 heteroatoms. The first-order valence-electron chi connectivity index (χ1n) is 22.3. The lowest BCUT2D eigenvalue weighted by molar-refractivity contribution is -0.315. The van der Waals surface area contributed by atoms with Crippen LogP contribution < -0.4 is 0 Å². The first-order chi connectivity index (χ1) is 29.6. The number of benzene rings is 1. The van der Waals surface area contributed by atoms with E-state index in [4.69, 9.17) is 43.4 Å². The van der Waals surface area contributed by atoms with Crippen molar-refractivity contribution >= 4 is 23.9 Å². The number of hydrogen-bond donors (Lipinski definition) is 0. The van der Waals surface area contributed by atoms with Crippen LogP contribution in [0.15, 0.2) is 52.7 Å². The second-order valence-electron chi connectivity index (χ2n) is 19.2. The Hall–Kier alpha value is -4.27. The molecule has 62 heavy (non-hydrogen) atoms. The van der Waals surface area contributed by atoms with E-state index in [9.17, 15) is 19.2 Å². The summed E-state index contributed by atoms with van der Waals surface area (Å²) in [5.41, 5.74) is 12.2. The summed E-state index contributed by atoms with van der Waals surface area (Å²) in [6.07, 6.45) is 4.36. The van der Waals surface area contributed by atoms with Crippen LogP contribution in [-0.2, 0) is 58.8 Å². The van der Waals surface area contributed by atoms with E-state index in [1.807, 2.05) is 0 Å². The minimum absolute atomic E-state index is 0.0409. The van der Waals surface area contributed by atoms with Crippen molar-refractivity contribution < 1.29 is 57.1 Å². The highest BCUT2D eigenvalue weighted by atomic mass is 16.7. The number of carbonyl (C=O) groups excluding carboxylic acids is 4. The zero-order valence-electron chi connectivity index (χ0n) is 36.9. The topological polar surface area (TPSA) is 191 Å². The molecule has 1 aromatic carbocycles. The molecule has 1 spiro atoms. The van der Waals surface area contributed by atoms with Crippen LogP contribution in [0.3, 0.4) is 0 Å². The average molecular weight is 860 g/mol. The van der Waals surface area contributed by atoms with Gasteiger partial charge in [0.15, 0.2) is 30.9 Å². The van der Waals surface area contributed by atoms with Crippen LogP contribution in [0.4, 0.5) is 0 Å². The van der Waals surface area contributed by atoms with Crippen molar-refractivity contribution in [2.24, 2.45) is 51.5 Å². The SMILES string of the molecule is CC(=O)OC[C@H]1OC(O[C@H]2CC[C@@]3(C)C(=CC[C@H]4[C@@H]5C[C@@H]6OC7OC[C@@]5(CC[C@@H]43)[C@H]6[C@H](C)[C@H]7C=C(C)C)C2)[C@H](OC(=O)c2ccccc2CN=[N+]=[N-])[C@@H](OC(C)=O)[C@@H]1OC(C)=O. The first kappa shape index (κ1) is 44.3. The summed E-state index contributed by atoms with van der Waals surface area (Å²) in [6.45, 7) is 13.1. The van der Waals surface area contributed by atoms with Gasteiger partial charge in [-0.3, -0.25) is 14.4 Å². The lowest BCUT2D eigenvalue weighted by Crippen LogP contribution is -2.63. The second kappa shape index (κ2) is 17.7. The van der Waals surface area contributed by atoms with E-state index in [1.165, 1.54) is 38.0 Å². The summed E-state index contributed by atoms with van der Waals surface area (Å²) in [5.74, 6) is -0.0893. The quantitative estimate of drug-likeness (QED) is 0.0527. The zero-order valence-corrected chi connectivity index (χ0v) is 36.9. The monoisotopic (exact) mass is 859 g/mol. The molecule has 4 aliphatic carbocycles. The summed E-state index contributed by atoms with van der Waals surface area (Å²) in [7, 11) is 0. The number of fused-ring (bicyclic) bond motifs is 6. The van der Waals surface area contributed by atoms with Gasteiger partial charge in [-0.05, 0) is 111 Å². The van der Waals surface area contributed by atoms with Gasteiger partial charge in [-0.1, -0.05) is 60.5 Å². The van der Waals surface area contributed by atoms with Crippen LogP contribution in [0.5, 0.6) is 0 Å². The molecule has 9 rings (SSSR count). The predicted molar refractivity (Wildman–Crippen MR) is 221 cm³/mol. The van der Waals surface area contributed by atoms with Crippen LogP contribution in [0, 0.1) is 46.3 Å². The zero-order chi connectivity index (χ0) is 44.1. The fraction of sp³-hybridized carbons (Fsp3) is 0.702. The molecule has 1 aromatic rings. The van der Waals surface area contributed by atoms with Gasteiger partial charge in [-0.2, -0.15) is 0 Å². The third-order valence-corrected chi connectivity index (χ3v) is 15.5. The molecule has 2 unspecified atom stereocenters. The summed E-state index contributed by atoms with van der Waals surface area (Å²) >= 11 is 0. The number of rotatable bonds is 11. The van der Waals surface area contributed by atoms with E-state index in [0.29, 0.717) is 48.0 Å². The maximum Gasteiger partial charge on any atom is 0.339 e. The lowest BCUT2D eigenvalue weighted by Gasteiger charge is -2.59. The van der Waals surface area contributed by atoms with Crippen LogP contribution in [-0.4, -0.2) is 86.3 Å². The lowest BCUT2D eigenvalue weighted by atomic mass is 9.46. The van der Waals surface area contributed by atoms with Crippen molar-refractivity contribution in [2.75, 3.05) is 13.2 Å². The molecule has 4 saturated heterocycles. The molecule has 7 fully saturated rings. The number of azide groups is 1. The van der Waals surface area contributed by atoms with E-state index >= 15 is 0 Å². The molecule has 16 atom stereocenters. The van der Waals surface area contributed by atoms with Crippen LogP contribution in [0.2, 0.25) is 0 Å². The Balaban J connectivity index is 1.06. The van der Waals surface area contributed by atoms with Gasteiger partial charge in [-0.15, -0.1) is 0 Å². The Morgan fingerprint density at radius 1 is 0.935 bits per heavy atom. The summed E-state index contributed by atoms with van der Waals surface area (Å²) in [6, 6.07) is 6.51. The normalized spacial score (nSPS) is 40.1. The smallest absolute Gasteiger partial charge is 0.339 e. The summed E-state index contributed by atoms with van der Waals surface area (Å²) in [5, 5.41) is 3.62. The highest BCUT2D eigenvalue weighted by Gasteiger charge is 2.68. The van der Waals surface area contributed by atoms with Gasteiger partial charge >= 0.3 is 23.9 Å². The molecule has 4 heterocycles.